The molecule has 2 rings (SSSR count). The maximum Gasteiger partial charge on any atom is 0.164 e. The van der Waals surface area contributed by atoms with Crippen LogP contribution in [0.3, 0.4) is 0 Å². The number of hydrogen-bond donors (Lipinski definition) is 1. The van der Waals surface area contributed by atoms with Crippen molar-refractivity contribution in [3.05, 3.63) is 34.9 Å². The molecule has 0 saturated heterocycles. The fourth-order valence-electron chi connectivity index (χ4n) is 3.24. The van der Waals surface area contributed by atoms with Gasteiger partial charge in [-0.15, -0.1) is 0 Å². The van der Waals surface area contributed by atoms with Gasteiger partial charge in [-0.05, 0) is 31.2 Å². The second-order valence-corrected chi connectivity index (χ2v) is 5.97. The van der Waals surface area contributed by atoms with Gasteiger partial charge in [0, 0.05) is 12.7 Å². The molecule has 3 unspecified atom stereocenters. The molecule has 0 heterocycles. The van der Waals surface area contributed by atoms with Crippen LogP contribution >= 0.6 is 0 Å². The normalized spacial score (nSPS) is 28.4. The van der Waals surface area contributed by atoms with Crippen LogP contribution in [0.2, 0.25) is 0 Å². The van der Waals surface area contributed by atoms with Crippen molar-refractivity contribution in [2.24, 2.45) is 5.92 Å². The lowest BCUT2D eigenvalue weighted by molar-refractivity contribution is -0.135. The van der Waals surface area contributed by atoms with Crippen LogP contribution in [0.5, 0.6) is 0 Å². The highest BCUT2D eigenvalue weighted by Gasteiger charge is 2.43. The van der Waals surface area contributed by atoms with E-state index >= 15 is 0 Å². The molecule has 1 saturated carbocycles. The smallest absolute Gasteiger partial charge is 0.164 e. The second-order valence-electron chi connectivity index (χ2n) is 5.97. The van der Waals surface area contributed by atoms with Crippen LogP contribution in [-0.2, 0) is 4.74 Å². The molecule has 0 aromatic heterocycles. The standard InChI is InChI=1S/C16H22F2O2/c1-10-5-4-8-16(9-10,20-3)15(19)12-7-6-11(2)13(17)14(12)18/h6-7,10,15,19H,4-5,8-9H2,1-3H3. The third-order valence-electron chi connectivity index (χ3n) is 4.50. The van der Waals surface area contributed by atoms with Gasteiger partial charge in [-0.25, -0.2) is 8.78 Å². The minimum atomic E-state index is -1.15. The van der Waals surface area contributed by atoms with E-state index in [1.54, 1.807) is 0 Å². The zero-order chi connectivity index (χ0) is 14.9. The van der Waals surface area contributed by atoms with Crippen LogP contribution in [0, 0.1) is 24.5 Å². The van der Waals surface area contributed by atoms with Crippen LogP contribution < -0.4 is 0 Å². The van der Waals surface area contributed by atoms with Crippen molar-refractivity contribution in [3.8, 4) is 0 Å². The minimum absolute atomic E-state index is 0.0101. The van der Waals surface area contributed by atoms with Crippen LogP contribution in [0.1, 0.15) is 49.8 Å². The predicted octanol–water partition coefficient (Wildman–Crippen LogP) is 3.90. The van der Waals surface area contributed by atoms with Crippen molar-refractivity contribution in [2.75, 3.05) is 7.11 Å². The zero-order valence-electron chi connectivity index (χ0n) is 12.2. The number of aryl methyl sites for hydroxylation is 1. The summed E-state index contributed by atoms with van der Waals surface area (Å²) in [7, 11) is 1.53. The summed E-state index contributed by atoms with van der Waals surface area (Å²) in [6.45, 7) is 3.59. The van der Waals surface area contributed by atoms with Gasteiger partial charge in [0.25, 0.3) is 0 Å². The SMILES string of the molecule is COC1(C(O)c2ccc(C)c(F)c2F)CCCC(C)C1. The molecule has 3 atom stereocenters. The summed E-state index contributed by atoms with van der Waals surface area (Å²) < 4.78 is 33.3. The van der Waals surface area contributed by atoms with Crippen molar-refractivity contribution in [3.63, 3.8) is 0 Å². The Balaban J connectivity index is 2.38. The first-order valence-electron chi connectivity index (χ1n) is 7.09. The molecule has 1 aromatic rings. The van der Waals surface area contributed by atoms with E-state index in [0.29, 0.717) is 18.8 Å². The summed E-state index contributed by atoms with van der Waals surface area (Å²) >= 11 is 0. The van der Waals surface area contributed by atoms with Crippen molar-refractivity contribution in [1.82, 2.24) is 0 Å². The molecule has 1 aliphatic carbocycles. The monoisotopic (exact) mass is 284 g/mol. The van der Waals surface area contributed by atoms with E-state index in [1.165, 1.54) is 26.2 Å². The van der Waals surface area contributed by atoms with Gasteiger partial charge in [-0.1, -0.05) is 31.9 Å². The van der Waals surface area contributed by atoms with E-state index in [2.05, 4.69) is 6.92 Å². The molecule has 1 N–H and O–H groups in total. The fraction of sp³-hybridized carbons (Fsp3) is 0.625. The lowest BCUT2D eigenvalue weighted by atomic mass is 9.74. The highest BCUT2D eigenvalue weighted by Crippen LogP contribution is 2.44. The molecule has 0 radical (unpaired) electrons. The molecule has 4 heteroatoms. The average molecular weight is 284 g/mol. The topological polar surface area (TPSA) is 29.5 Å². The van der Waals surface area contributed by atoms with Crippen LogP contribution in [0.4, 0.5) is 8.78 Å². The first kappa shape index (κ1) is 15.4. The van der Waals surface area contributed by atoms with Gasteiger partial charge in [-0.2, -0.15) is 0 Å². The van der Waals surface area contributed by atoms with Gasteiger partial charge < -0.3 is 9.84 Å². The lowest BCUT2D eigenvalue weighted by Crippen LogP contribution is -2.43. The first-order chi connectivity index (χ1) is 9.41. The van der Waals surface area contributed by atoms with E-state index in [1.807, 2.05) is 0 Å². The molecule has 20 heavy (non-hydrogen) atoms. The molecular weight excluding hydrogens is 262 g/mol. The highest BCUT2D eigenvalue weighted by atomic mass is 19.2. The molecule has 112 valence electrons. The van der Waals surface area contributed by atoms with Crippen LogP contribution in [0.25, 0.3) is 0 Å². The Hall–Kier alpha value is -1.00. The van der Waals surface area contributed by atoms with E-state index in [4.69, 9.17) is 4.74 Å². The number of rotatable bonds is 3. The molecule has 2 nitrogen and oxygen atoms in total. The third kappa shape index (κ3) is 2.59. The molecule has 0 aliphatic heterocycles. The van der Waals surface area contributed by atoms with Crippen molar-refractivity contribution >= 4 is 0 Å². The van der Waals surface area contributed by atoms with Gasteiger partial charge in [0.2, 0.25) is 0 Å². The Labute approximate surface area is 118 Å². The third-order valence-corrected chi connectivity index (χ3v) is 4.50. The Bertz CT molecular complexity index is 490. The van der Waals surface area contributed by atoms with E-state index in [0.717, 1.165) is 12.8 Å². The maximum absolute atomic E-state index is 14.1. The number of aliphatic hydroxyl groups is 1. The summed E-state index contributed by atoms with van der Waals surface area (Å²) in [6.07, 6.45) is 2.15. The minimum Gasteiger partial charge on any atom is -0.385 e. The van der Waals surface area contributed by atoms with Crippen LogP contribution in [-0.4, -0.2) is 17.8 Å². The number of halogens is 2. The summed E-state index contributed by atoms with van der Waals surface area (Å²) in [5.74, 6) is -1.46. The number of benzene rings is 1. The van der Waals surface area contributed by atoms with E-state index < -0.39 is 23.3 Å². The van der Waals surface area contributed by atoms with Gasteiger partial charge >= 0.3 is 0 Å². The number of hydrogen-bond acceptors (Lipinski definition) is 2. The second kappa shape index (κ2) is 5.78. The zero-order valence-corrected chi connectivity index (χ0v) is 12.2. The molecule has 0 amide bonds. The molecule has 1 aliphatic rings. The Kier molecular flexibility index (Phi) is 4.45. The van der Waals surface area contributed by atoms with Gasteiger partial charge in [-0.3, -0.25) is 0 Å². The predicted molar refractivity (Wildman–Crippen MR) is 73.4 cm³/mol. The Morgan fingerprint density at radius 2 is 2.05 bits per heavy atom. The van der Waals surface area contributed by atoms with Crippen molar-refractivity contribution in [1.29, 1.82) is 0 Å². The van der Waals surface area contributed by atoms with E-state index in [9.17, 15) is 13.9 Å². The van der Waals surface area contributed by atoms with E-state index in [-0.39, 0.29) is 11.1 Å². The van der Waals surface area contributed by atoms with Gasteiger partial charge in [0.1, 0.15) is 6.10 Å². The molecule has 1 aromatic carbocycles. The number of ether oxygens (including phenoxy) is 1. The molecule has 0 spiro atoms. The molecule has 1 fully saturated rings. The Morgan fingerprint density at radius 3 is 2.65 bits per heavy atom. The largest absolute Gasteiger partial charge is 0.385 e. The number of methoxy groups -OCH3 is 1. The summed E-state index contributed by atoms with van der Waals surface area (Å²) in [6, 6.07) is 2.95. The van der Waals surface area contributed by atoms with Crippen molar-refractivity contribution in [2.45, 2.75) is 51.2 Å². The highest BCUT2D eigenvalue weighted by molar-refractivity contribution is 5.29. The van der Waals surface area contributed by atoms with Crippen molar-refractivity contribution < 1.29 is 18.6 Å². The number of aliphatic hydroxyl groups excluding tert-OH is 1. The lowest BCUT2D eigenvalue weighted by Gasteiger charge is -2.42. The Morgan fingerprint density at radius 1 is 1.35 bits per heavy atom. The summed E-state index contributed by atoms with van der Waals surface area (Å²) in [5.41, 5.74) is -0.591. The summed E-state index contributed by atoms with van der Waals surface area (Å²) in [4.78, 5) is 0. The molecule has 0 bridgehead atoms. The summed E-state index contributed by atoms with van der Waals surface area (Å²) in [5, 5.41) is 10.6. The first-order valence-corrected chi connectivity index (χ1v) is 7.09. The van der Waals surface area contributed by atoms with Crippen LogP contribution in [0.15, 0.2) is 12.1 Å². The quantitative estimate of drug-likeness (QED) is 0.912. The molecular formula is C16H22F2O2. The maximum atomic E-state index is 14.1. The fourth-order valence-corrected chi connectivity index (χ4v) is 3.24. The van der Waals surface area contributed by atoms with Gasteiger partial charge in [0.15, 0.2) is 11.6 Å². The average Bonchev–Trinajstić information content (AvgIpc) is 2.44. The van der Waals surface area contributed by atoms with Gasteiger partial charge in [0.05, 0.1) is 5.60 Å².